The monoisotopic (exact) mass is 526 g/mol. The summed E-state index contributed by atoms with van der Waals surface area (Å²) in [5.74, 6) is 0.139. The number of ether oxygens (including phenoxy) is 1. The van der Waals surface area contributed by atoms with Crippen LogP contribution in [0.15, 0.2) is 77.7 Å². The van der Waals surface area contributed by atoms with Crippen LogP contribution in [0.25, 0.3) is 0 Å². The number of rotatable bonds is 8. The number of nitrogens with zero attached hydrogens (tertiary/aromatic N) is 1. The molecule has 0 aromatic heterocycles. The van der Waals surface area contributed by atoms with Crippen molar-refractivity contribution in [1.82, 2.24) is 4.31 Å². The summed E-state index contributed by atoms with van der Waals surface area (Å²) in [6.07, 6.45) is 1.70. The molecule has 1 heterocycles. The van der Waals surface area contributed by atoms with Crippen LogP contribution in [0.2, 0.25) is 5.02 Å². The van der Waals surface area contributed by atoms with Crippen LogP contribution in [0.3, 0.4) is 0 Å². The Kier molecular flexibility index (Phi) is 8.08. The summed E-state index contributed by atoms with van der Waals surface area (Å²) in [6.45, 7) is 2.83. The van der Waals surface area contributed by atoms with E-state index >= 15 is 0 Å². The third kappa shape index (κ3) is 6.13. The number of piperidine rings is 1. The maximum atomic E-state index is 12.9. The van der Waals surface area contributed by atoms with Gasteiger partial charge in [0.25, 0.3) is 5.91 Å². The minimum absolute atomic E-state index is 0.194. The Balaban J connectivity index is 1.39. The zero-order valence-corrected chi connectivity index (χ0v) is 21.4. The van der Waals surface area contributed by atoms with Crippen molar-refractivity contribution >= 4 is 39.0 Å². The third-order valence-corrected chi connectivity index (χ3v) is 8.26. The molecule has 1 aliphatic rings. The first-order valence-electron chi connectivity index (χ1n) is 11.7. The molecular weight excluding hydrogens is 500 g/mol. The minimum atomic E-state index is -3.56. The van der Waals surface area contributed by atoms with Gasteiger partial charge in [0.1, 0.15) is 5.75 Å². The lowest BCUT2D eigenvalue weighted by atomic mass is 10.0. The maximum Gasteiger partial charge on any atom is 0.262 e. The Hall–Kier alpha value is -3.20. The first-order valence-corrected chi connectivity index (χ1v) is 13.5. The van der Waals surface area contributed by atoms with Crippen molar-refractivity contribution in [2.75, 3.05) is 25.0 Å². The smallest absolute Gasteiger partial charge is 0.262 e. The van der Waals surface area contributed by atoms with Gasteiger partial charge in [-0.3, -0.25) is 9.59 Å². The molecular formula is C27H27ClN2O5S. The highest BCUT2D eigenvalue weighted by Crippen LogP contribution is 2.26. The van der Waals surface area contributed by atoms with Gasteiger partial charge in [-0.15, -0.1) is 0 Å². The molecule has 7 nitrogen and oxygen atoms in total. The number of amides is 1. The molecule has 1 amide bonds. The fourth-order valence-corrected chi connectivity index (χ4v) is 5.62. The van der Waals surface area contributed by atoms with Crippen molar-refractivity contribution in [3.63, 3.8) is 0 Å². The molecule has 1 saturated heterocycles. The molecule has 4 rings (SSSR count). The van der Waals surface area contributed by atoms with E-state index in [0.717, 1.165) is 12.8 Å². The molecule has 1 aliphatic heterocycles. The lowest BCUT2D eigenvalue weighted by molar-refractivity contribution is -0.118. The van der Waals surface area contributed by atoms with Crippen LogP contribution in [-0.2, 0) is 14.8 Å². The Bertz CT molecular complexity index is 1340. The normalized spacial score (nSPS) is 14.8. The lowest BCUT2D eigenvalue weighted by Crippen LogP contribution is -2.37. The van der Waals surface area contributed by atoms with Gasteiger partial charge in [0, 0.05) is 29.2 Å². The van der Waals surface area contributed by atoms with E-state index in [1.807, 2.05) is 6.07 Å². The molecule has 0 unspecified atom stereocenters. The van der Waals surface area contributed by atoms with Gasteiger partial charge in [0.2, 0.25) is 10.0 Å². The number of hydrogen-bond acceptors (Lipinski definition) is 5. The van der Waals surface area contributed by atoms with E-state index < -0.39 is 15.9 Å². The summed E-state index contributed by atoms with van der Waals surface area (Å²) in [7, 11) is -3.56. The minimum Gasteiger partial charge on any atom is -0.484 e. The number of anilines is 1. The Morgan fingerprint density at radius 3 is 2.33 bits per heavy atom. The Morgan fingerprint density at radius 2 is 1.67 bits per heavy atom. The largest absolute Gasteiger partial charge is 0.484 e. The predicted octanol–water partition coefficient (Wildman–Crippen LogP) is 5.01. The molecule has 0 bridgehead atoms. The number of sulfonamides is 1. The van der Waals surface area contributed by atoms with Gasteiger partial charge in [0.05, 0.1) is 10.6 Å². The molecule has 1 N–H and O–H groups in total. The van der Waals surface area contributed by atoms with Crippen LogP contribution in [0, 0.1) is 5.92 Å². The van der Waals surface area contributed by atoms with Gasteiger partial charge < -0.3 is 10.1 Å². The summed E-state index contributed by atoms with van der Waals surface area (Å²) in [5, 5.41) is 3.07. The molecule has 9 heteroatoms. The fraction of sp³-hybridized carbons (Fsp3) is 0.259. The van der Waals surface area contributed by atoms with Crippen molar-refractivity contribution in [2.45, 2.75) is 24.7 Å². The molecule has 0 aliphatic carbocycles. The predicted molar refractivity (Wildman–Crippen MR) is 139 cm³/mol. The van der Waals surface area contributed by atoms with E-state index in [-0.39, 0.29) is 22.8 Å². The molecule has 0 saturated carbocycles. The summed E-state index contributed by atoms with van der Waals surface area (Å²) >= 11 is 6.09. The van der Waals surface area contributed by atoms with Crippen molar-refractivity contribution in [2.24, 2.45) is 5.92 Å². The number of halogens is 1. The molecule has 0 spiro atoms. The molecule has 3 aromatic rings. The van der Waals surface area contributed by atoms with Crippen LogP contribution in [0.1, 0.15) is 35.7 Å². The lowest BCUT2D eigenvalue weighted by Gasteiger charge is -2.29. The highest BCUT2D eigenvalue weighted by molar-refractivity contribution is 7.89. The number of nitrogens with one attached hydrogen (secondary N) is 1. The van der Waals surface area contributed by atoms with Crippen LogP contribution in [0.4, 0.5) is 5.69 Å². The number of ketones is 1. The van der Waals surface area contributed by atoms with Gasteiger partial charge in [-0.2, -0.15) is 4.31 Å². The first-order chi connectivity index (χ1) is 17.2. The van der Waals surface area contributed by atoms with Crippen LogP contribution in [0.5, 0.6) is 5.75 Å². The van der Waals surface area contributed by atoms with E-state index in [0.29, 0.717) is 41.0 Å². The Labute approximate surface area is 216 Å². The summed E-state index contributed by atoms with van der Waals surface area (Å²) < 4.78 is 32.8. The van der Waals surface area contributed by atoms with E-state index in [9.17, 15) is 18.0 Å². The second kappa shape index (κ2) is 11.2. The maximum absolute atomic E-state index is 12.9. The van der Waals surface area contributed by atoms with Crippen molar-refractivity contribution in [3.8, 4) is 5.75 Å². The summed E-state index contributed by atoms with van der Waals surface area (Å²) in [6, 6.07) is 19.4. The second-order valence-electron chi connectivity index (χ2n) is 8.78. The molecule has 188 valence electrons. The molecule has 3 aromatic carbocycles. The topological polar surface area (TPSA) is 92.8 Å². The van der Waals surface area contributed by atoms with E-state index in [4.69, 9.17) is 16.3 Å². The van der Waals surface area contributed by atoms with Crippen LogP contribution in [-0.4, -0.2) is 44.1 Å². The van der Waals surface area contributed by atoms with Gasteiger partial charge in [-0.05, 0) is 61.2 Å². The number of carbonyl (C=O) groups excluding carboxylic acids is 2. The van der Waals surface area contributed by atoms with Crippen LogP contribution < -0.4 is 10.1 Å². The van der Waals surface area contributed by atoms with E-state index in [1.165, 1.54) is 34.6 Å². The first kappa shape index (κ1) is 25.9. The van der Waals surface area contributed by atoms with Crippen molar-refractivity contribution in [1.29, 1.82) is 0 Å². The fourth-order valence-electron chi connectivity index (χ4n) is 3.98. The highest BCUT2D eigenvalue weighted by Gasteiger charge is 2.28. The standard InChI is InChI=1S/C27H27ClN2O5S/c1-19-13-15-30(16-14-19)36(33,34)23-10-8-22(9-11-23)35-18-26(31)29-25-12-7-21(28)17-24(25)27(32)20-5-3-2-4-6-20/h2-12,17,19H,13-16,18H2,1H3,(H,29,31). The van der Waals surface area contributed by atoms with Crippen molar-refractivity contribution in [3.05, 3.63) is 88.9 Å². The number of hydrogen-bond donors (Lipinski definition) is 1. The third-order valence-electron chi connectivity index (χ3n) is 6.11. The molecule has 0 radical (unpaired) electrons. The molecule has 36 heavy (non-hydrogen) atoms. The number of benzene rings is 3. The summed E-state index contributed by atoms with van der Waals surface area (Å²) in [5.41, 5.74) is 1.06. The average molecular weight is 527 g/mol. The Morgan fingerprint density at radius 1 is 1.00 bits per heavy atom. The van der Waals surface area contributed by atoms with Crippen LogP contribution >= 0.6 is 11.6 Å². The second-order valence-corrected chi connectivity index (χ2v) is 11.2. The van der Waals surface area contributed by atoms with Crippen molar-refractivity contribution < 1.29 is 22.7 Å². The molecule has 1 fully saturated rings. The zero-order valence-electron chi connectivity index (χ0n) is 19.8. The number of carbonyl (C=O) groups is 2. The van der Waals surface area contributed by atoms with Gasteiger partial charge in [0.15, 0.2) is 12.4 Å². The van der Waals surface area contributed by atoms with Gasteiger partial charge >= 0.3 is 0 Å². The van der Waals surface area contributed by atoms with E-state index in [2.05, 4.69) is 12.2 Å². The van der Waals surface area contributed by atoms with E-state index in [1.54, 1.807) is 36.4 Å². The summed E-state index contributed by atoms with van der Waals surface area (Å²) in [4.78, 5) is 25.7. The SMILES string of the molecule is CC1CCN(S(=O)(=O)c2ccc(OCC(=O)Nc3ccc(Cl)cc3C(=O)c3ccccc3)cc2)CC1. The highest BCUT2D eigenvalue weighted by atomic mass is 35.5. The average Bonchev–Trinajstić information content (AvgIpc) is 2.89. The zero-order chi connectivity index (χ0) is 25.7. The molecule has 0 atom stereocenters. The van der Waals surface area contributed by atoms with Gasteiger partial charge in [-0.25, -0.2) is 8.42 Å². The quantitative estimate of drug-likeness (QED) is 0.416. The van der Waals surface area contributed by atoms with Gasteiger partial charge in [-0.1, -0.05) is 48.9 Å².